The van der Waals surface area contributed by atoms with Gasteiger partial charge in [-0.25, -0.2) is 9.59 Å². The van der Waals surface area contributed by atoms with E-state index in [4.69, 9.17) is 0 Å². The number of aliphatic hydroxyl groups excluding tert-OH is 1. The Hall–Kier alpha value is -1.34. The van der Waals surface area contributed by atoms with Crippen LogP contribution in [0.4, 0.5) is 4.79 Å². The van der Waals surface area contributed by atoms with Crippen LogP contribution in [-0.4, -0.2) is 87.8 Å². The molecule has 2 aliphatic heterocycles. The van der Waals surface area contributed by atoms with Crippen molar-refractivity contribution in [1.82, 2.24) is 14.7 Å². The third-order valence-corrected chi connectivity index (χ3v) is 4.57. The van der Waals surface area contributed by atoms with Crippen LogP contribution in [0.5, 0.6) is 0 Å². The largest absolute Gasteiger partial charge is 0.480 e. The maximum absolute atomic E-state index is 12.5. The standard InChI is InChI=1S/C14H25N3O4/c1-3-15(4-2)10-5-6-16(8-10)14(21)17-9-11(18)7-12(17)13(19)20/h10-12,18H,3-9H2,1-2H3,(H,19,20)/t10?,11?,12-/m0/s1. The zero-order valence-corrected chi connectivity index (χ0v) is 12.7. The lowest BCUT2D eigenvalue weighted by Gasteiger charge is -2.29. The average Bonchev–Trinajstić information content (AvgIpc) is 3.06. The number of hydrogen-bond acceptors (Lipinski definition) is 4. The maximum Gasteiger partial charge on any atom is 0.326 e. The highest BCUT2D eigenvalue weighted by Crippen LogP contribution is 2.23. The van der Waals surface area contributed by atoms with Crippen LogP contribution in [0.3, 0.4) is 0 Å². The number of aliphatic carboxylic acids is 1. The van der Waals surface area contributed by atoms with E-state index in [1.807, 2.05) is 0 Å². The van der Waals surface area contributed by atoms with Crippen LogP contribution in [0.15, 0.2) is 0 Å². The molecule has 2 unspecified atom stereocenters. The highest BCUT2D eigenvalue weighted by molar-refractivity contribution is 5.83. The molecule has 0 radical (unpaired) electrons. The molecule has 3 atom stereocenters. The van der Waals surface area contributed by atoms with E-state index < -0.39 is 18.1 Å². The smallest absolute Gasteiger partial charge is 0.326 e. The Bertz CT molecular complexity index is 400. The normalized spacial score (nSPS) is 29.4. The van der Waals surface area contributed by atoms with E-state index in [0.29, 0.717) is 19.1 Å². The molecular weight excluding hydrogens is 274 g/mol. The molecule has 7 heteroatoms. The lowest BCUT2D eigenvalue weighted by Crippen LogP contribution is -2.48. The molecule has 2 fully saturated rings. The first-order valence-electron chi connectivity index (χ1n) is 7.68. The van der Waals surface area contributed by atoms with Crippen LogP contribution in [0.1, 0.15) is 26.7 Å². The van der Waals surface area contributed by atoms with E-state index in [0.717, 1.165) is 19.5 Å². The summed E-state index contributed by atoms with van der Waals surface area (Å²) in [4.78, 5) is 29.1. The Kier molecular flexibility index (Phi) is 5.05. The molecule has 0 aromatic heterocycles. The first-order valence-corrected chi connectivity index (χ1v) is 7.68. The van der Waals surface area contributed by atoms with Gasteiger partial charge in [-0.3, -0.25) is 4.90 Å². The minimum absolute atomic E-state index is 0.113. The Morgan fingerprint density at radius 1 is 1.24 bits per heavy atom. The van der Waals surface area contributed by atoms with Gasteiger partial charge in [-0.1, -0.05) is 13.8 Å². The van der Waals surface area contributed by atoms with Crippen molar-refractivity contribution in [3.63, 3.8) is 0 Å². The predicted octanol–water partition coefficient (Wildman–Crippen LogP) is 0.0423. The summed E-state index contributed by atoms with van der Waals surface area (Å²) < 4.78 is 0. The molecule has 7 nitrogen and oxygen atoms in total. The number of carbonyl (C=O) groups is 2. The van der Waals surface area contributed by atoms with Crippen molar-refractivity contribution in [3.05, 3.63) is 0 Å². The van der Waals surface area contributed by atoms with E-state index in [1.54, 1.807) is 4.90 Å². The number of amides is 2. The summed E-state index contributed by atoms with van der Waals surface area (Å²) >= 11 is 0. The van der Waals surface area contributed by atoms with Crippen LogP contribution in [0.25, 0.3) is 0 Å². The van der Waals surface area contributed by atoms with Crippen LogP contribution in [-0.2, 0) is 4.79 Å². The van der Waals surface area contributed by atoms with Gasteiger partial charge in [0, 0.05) is 32.1 Å². The zero-order chi connectivity index (χ0) is 15.6. The van der Waals surface area contributed by atoms with Gasteiger partial charge in [0.25, 0.3) is 0 Å². The highest BCUT2D eigenvalue weighted by atomic mass is 16.4. The molecule has 2 N–H and O–H groups in total. The molecule has 21 heavy (non-hydrogen) atoms. The minimum atomic E-state index is -1.04. The van der Waals surface area contributed by atoms with Crippen LogP contribution in [0, 0.1) is 0 Å². The molecule has 0 aromatic carbocycles. The molecule has 0 bridgehead atoms. The van der Waals surface area contributed by atoms with Crippen molar-refractivity contribution in [2.24, 2.45) is 0 Å². The monoisotopic (exact) mass is 299 g/mol. The molecule has 2 heterocycles. The van der Waals surface area contributed by atoms with Gasteiger partial charge in [0.2, 0.25) is 0 Å². The summed E-state index contributed by atoms with van der Waals surface area (Å²) in [5, 5.41) is 18.8. The summed E-state index contributed by atoms with van der Waals surface area (Å²) in [6.45, 7) is 7.50. The molecule has 0 aromatic rings. The van der Waals surface area contributed by atoms with Gasteiger partial charge in [0.05, 0.1) is 6.10 Å². The molecule has 2 amide bonds. The molecule has 2 aliphatic rings. The number of carboxylic acid groups (broad SMARTS) is 1. The Morgan fingerprint density at radius 2 is 1.90 bits per heavy atom. The van der Waals surface area contributed by atoms with E-state index in [1.165, 1.54) is 4.90 Å². The molecule has 2 rings (SSSR count). The van der Waals surface area contributed by atoms with Crippen molar-refractivity contribution >= 4 is 12.0 Å². The number of likely N-dealkylation sites (N-methyl/N-ethyl adjacent to an activating group) is 1. The number of rotatable bonds is 4. The number of nitrogens with zero attached hydrogens (tertiary/aromatic N) is 3. The van der Waals surface area contributed by atoms with Crippen molar-refractivity contribution < 1.29 is 19.8 Å². The van der Waals surface area contributed by atoms with Gasteiger partial charge in [0.1, 0.15) is 6.04 Å². The lowest BCUT2D eigenvalue weighted by atomic mass is 10.2. The van der Waals surface area contributed by atoms with Crippen molar-refractivity contribution in [2.45, 2.75) is 44.9 Å². The SMILES string of the molecule is CCN(CC)C1CCN(C(=O)N2CC(O)C[C@H]2C(=O)O)C1. The van der Waals surface area contributed by atoms with Gasteiger partial charge in [-0.2, -0.15) is 0 Å². The molecule has 0 saturated carbocycles. The number of likely N-dealkylation sites (tertiary alicyclic amines) is 2. The molecular formula is C14H25N3O4. The summed E-state index contributed by atoms with van der Waals surface area (Å²) in [7, 11) is 0. The second kappa shape index (κ2) is 6.62. The van der Waals surface area contributed by atoms with Crippen LogP contribution >= 0.6 is 0 Å². The molecule has 120 valence electrons. The predicted molar refractivity (Wildman–Crippen MR) is 77.0 cm³/mol. The quantitative estimate of drug-likeness (QED) is 0.766. The fourth-order valence-electron chi connectivity index (χ4n) is 3.39. The fraction of sp³-hybridized carbons (Fsp3) is 0.857. The van der Waals surface area contributed by atoms with Crippen molar-refractivity contribution in [3.8, 4) is 0 Å². The number of carbonyl (C=O) groups excluding carboxylic acids is 1. The number of urea groups is 1. The fourth-order valence-corrected chi connectivity index (χ4v) is 3.39. The topological polar surface area (TPSA) is 84.3 Å². The number of aliphatic hydroxyl groups is 1. The van der Waals surface area contributed by atoms with Gasteiger partial charge >= 0.3 is 12.0 Å². The summed E-state index contributed by atoms with van der Waals surface area (Å²) in [5.74, 6) is -1.04. The zero-order valence-electron chi connectivity index (χ0n) is 12.7. The van der Waals surface area contributed by atoms with Crippen molar-refractivity contribution in [1.29, 1.82) is 0 Å². The van der Waals surface area contributed by atoms with Gasteiger partial charge in [-0.05, 0) is 19.5 Å². The Morgan fingerprint density at radius 3 is 2.48 bits per heavy atom. The van der Waals surface area contributed by atoms with Gasteiger partial charge in [-0.15, -0.1) is 0 Å². The number of carboxylic acids is 1. The van der Waals surface area contributed by atoms with Crippen molar-refractivity contribution in [2.75, 3.05) is 32.7 Å². The van der Waals surface area contributed by atoms with Crippen LogP contribution < -0.4 is 0 Å². The average molecular weight is 299 g/mol. The Labute approximate surface area is 125 Å². The third kappa shape index (κ3) is 3.29. The van der Waals surface area contributed by atoms with E-state index in [-0.39, 0.29) is 19.0 Å². The Balaban J connectivity index is 1.99. The molecule has 0 aliphatic carbocycles. The third-order valence-electron chi connectivity index (χ3n) is 4.57. The summed E-state index contributed by atoms with van der Waals surface area (Å²) in [6.07, 6.45) is 0.298. The summed E-state index contributed by atoms with van der Waals surface area (Å²) in [5.41, 5.74) is 0. The molecule has 0 spiro atoms. The number of β-amino-alcohol motifs (C(OH)–C–C–N with tert-alkyl or cyclic N) is 1. The van der Waals surface area contributed by atoms with E-state index in [2.05, 4.69) is 18.7 Å². The van der Waals surface area contributed by atoms with E-state index >= 15 is 0 Å². The van der Waals surface area contributed by atoms with Crippen LogP contribution in [0.2, 0.25) is 0 Å². The highest BCUT2D eigenvalue weighted by Gasteiger charge is 2.42. The van der Waals surface area contributed by atoms with Gasteiger partial charge in [0.15, 0.2) is 0 Å². The van der Waals surface area contributed by atoms with Gasteiger partial charge < -0.3 is 20.0 Å². The van der Waals surface area contributed by atoms with E-state index in [9.17, 15) is 19.8 Å². The summed E-state index contributed by atoms with van der Waals surface area (Å²) in [6, 6.07) is -0.812. The number of hydrogen-bond donors (Lipinski definition) is 2. The second-order valence-electron chi connectivity index (χ2n) is 5.79. The first kappa shape index (κ1) is 16.0. The molecule has 2 saturated heterocycles. The second-order valence-corrected chi connectivity index (χ2v) is 5.79. The maximum atomic E-state index is 12.5. The minimum Gasteiger partial charge on any atom is -0.480 e. The lowest BCUT2D eigenvalue weighted by molar-refractivity contribution is -0.141. The first-order chi connectivity index (χ1) is 9.97.